The molecule has 2 atom stereocenters. The zero-order valence-electron chi connectivity index (χ0n) is 10.6. The summed E-state index contributed by atoms with van der Waals surface area (Å²) < 4.78 is 0. The lowest BCUT2D eigenvalue weighted by molar-refractivity contribution is 0.432. The van der Waals surface area contributed by atoms with Crippen LogP contribution in [-0.4, -0.2) is 4.98 Å². The Bertz CT molecular complexity index is 507. The molecule has 2 nitrogen and oxygen atoms in total. The van der Waals surface area contributed by atoms with Gasteiger partial charge in [-0.1, -0.05) is 19.1 Å². The van der Waals surface area contributed by atoms with Crippen LogP contribution in [0.2, 0.25) is 0 Å². The van der Waals surface area contributed by atoms with E-state index in [1.165, 1.54) is 22.6 Å². The number of hydrogen-bond acceptors (Lipinski definition) is 3. The van der Waals surface area contributed by atoms with Crippen LogP contribution < -0.4 is 5.32 Å². The standard InChI is InChI=1S/C15H18N2S/c1-2-12(14-6-4-10-18-14)17-13-8-7-11-5-3-9-16-15(11)13/h3-6,9-10,12-13,17H,2,7-8H2,1H3. The Kier molecular flexibility index (Phi) is 3.43. The number of pyridine rings is 1. The summed E-state index contributed by atoms with van der Waals surface area (Å²) in [4.78, 5) is 5.98. The Labute approximate surface area is 112 Å². The lowest BCUT2D eigenvalue weighted by Crippen LogP contribution is -2.24. The van der Waals surface area contributed by atoms with Crippen LogP contribution >= 0.6 is 11.3 Å². The van der Waals surface area contributed by atoms with Crippen molar-refractivity contribution in [2.24, 2.45) is 0 Å². The second kappa shape index (κ2) is 5.21. The molecule has 2 aromatic rings. The number of hydrogen-bond donors (Lipinski definition) is 1. The van der Waals surface area contributed by atoms with Gasteiger partial charge in [0.2, 0.25) is 0 Å². The van der Waals surface area contributed by atoms with Crippen LogP contribution in [0.1, 0.15) is 48.0 Å². The average molecular weight is 258 g/mol. The molecule has 18 heavy (non-hydrogen) atoms. The molecule has 3 rings (SSSR count). The van der Waals surface area contributed by atoms with E-state index in [1.54, 1.807) is 0 Å². The summed E-state index contributed by atoms with van der Waals surface area (Å²) in [6.45, 7) is 2.24. The highest BCUT2D eigenvalue weighted by Gasteiger charge is 2.25. The molecular formula is C15H18N2S. The molecule has 0 bridgehead atoms. The SMILES string of the molecule is CCC(NC1CCc2cccnc21)c1cccs1. The summed E-state index contributed by atoms with van der Waals surface area (Å²) in [6.07, 6.45) is 5.36. The summed E-state index contributed by atoms with van der Waals surface area (Å²) in [7, 11) is 0. The van der Waals surface area contributed by atoms with Gasteiger partial charge in [-0.05, 0) is 42.3 Å². The fourth-order valence-electron chi connectivity index (χ4n) is 2.71. The fourth-order valence-corrected chi connectivity index (χ4v) is 3.58. The molecule has 2 unspecified atom stereocenters. The number of thiophene rings is 1. The monoisotopic (exact) mass is 258 g/mol. The van der Waals surface area contributed by atoms with Crippen LogP contribution in [0.5, 0.6) is 0 Å². The molecule has 0 fully saturated rings. The first-order valence-electron chi connectivity index (χ1n) is 6.61. The van der Waals surface area contributed by atoms with Crippen molar-refractivity contribution in [3.8, 4) is 0 Å². The Morgan fingerprint density at radius 3 is 3.17 bits per heavy atom. The third-order valence-electron chi connectivity index (χ3n) is 3.66. The highest BCUT2D eigenvalue weighted by molar-refractivity contribution is 7.10. The normalized spacial score (nSPS) is 19.7. The molecule has 1 aliphatic carbocycles. The van der Waals surface area contributed by atoms with E-state index < -0.39 is 0 Å². The van der Waals surface area contributed by atoms with Gasteiger partial charge in [-0.15, -0.1) is 11.3 Å². The first-order chi connectivity index (χ1) is 8.88. The number of fused-ring (bicyclic) bond motifs is 1. The average Bonchev–Trinajstić information content (AvgIpc) is 3.06. The van der Waals surface area contributed by atoms with Gasteiger partial charge in [-0.3, -0.25) is 4.98 Å². The van der Waals surface area contributed by atoms with E-state index in [4.69, 9.17) is 0 Å². The van der Waals surface area contributed by atoms with Crippen molar-refractivity contribution < 1.29 is 0 Å². The minimum Gasteiger partial charge on any atom is -0.301 e. The topological polar surface area (TPSA) is 24.9 Å². The Balaban J connectivity index is 1.77. The van der Waals surface area contributed by atoms with Crippen LogP contribution in [0.4, 0.5) is 0 Å². The third kappa shape index (κ3) is 2.20. The number of rotatable bonds is 4. The summed E-state index contributed by atoms with van der Waals surface area (Å²) >= 11 is 1.84. The maximum atomic E-state index is 4.55. The second-order valence-electron chi connectivity index (χ2n) is 4.78. The van der Waals surface area contributed by atoms with E-state index in [1.807, 2.05) is 23.6 Å². The highest BCUT2D eigenvalue weighted by atomic mass is 32.1. The highest BCUT2D eigenvalue weighted by Crippen LogP contribution is 2.32. The van der Waals surface area contributed by atoms with Crippen molar-refractivity contribution >= 4 is 11.3 Å². The summed E-state index contributed by atoms with van der Waals surface area (Å²) in [5.41, 5.74) is 2.67. The molecule has 2 heterocycles. The number of aromatic nitrogens is 1. The second-order valence-corrected chi connectivity index (χ2v) is 5.76. The maximum Gasteiger partial charge on any atom is 0.0605 e. The van der Waals surface area contributed by atoms with Crippen molar-refractivity contribution in [2.45, 2.75) is 38.3 Å². The summed E-state index contributed by atoms with van der Waals surface area (Å²) in [5, 5.41) is 5.93. The number of nitrogens with one attached hydrogen (secondary N) is 1. The Hall–Kier alpha value is -1.19. The van der Waals surface area contributed by atoms with Gasteiger partial charge >= 0.3 is 0 Å². The molecule has 0 aromatic carbocycles. The minimum absolute atomic E-state index is 0.424. The number of nitrogens with zero attached hydrogens (tertiary/aromatic N) is 1. The first kappa shape index (κ1) is 11.9. The van der Waals surface area contributed by atoms with Gasteiger partial charge < -0.3 is 5.32 Å². The van der Waals surface area contributed by atoms with Crippen molar-refractivity contribution in [1.82, 2.24) is 10.3 Å². The molecule has 1 N–H and O–H groups in total. The molecule has 0 saturated heterocycles. The first-order valence-corrected chi connectivity index (χ1v) is 7.49. The van der Waals surface area contributed by atoms with Crippen LogP contribution in [0.15, 0.2) is 35.8 Å². The van der Waals surface area contributed by atoms with Crippen molar-refractivity contribution in [3.63, 3.8) is 0 Å². The van der Waals surface area contributed by atoms with Gasteiger partial charge in [0.25, 0.3) is 0 Å². The van der Waals surface area contributed by atoms with Crippen LogP contribution in [0, 0.1) is 0 Å². The largest absolute Gasteiger partial charge is 0.301 e. The van der Waals surface area contributed by atoms with E-state index in [0.717, 1.165) is 12.8 Å². The lowest BCUT2D eigenvalue weighted by atomic mass is 10.1. The van der Waals surface area contributed by atoms with Crippen LogP contribution in [0.3, 0.4) is 0 Å². The molecule has 3 heteroatoms. The quantitative estimate of drug-likeness (QED) is 0.900. The van der Waals surface area contributed by atoms with E-state index in [9.17, 15) is 0 Å². The van der Waals surface area contributed by atoms with Crippen LogP contribution in [0.25, 0.3) is 0 Å². The van der Waals surface area contributed by atoms with Gasteiger partial charge in [0.1, 0.15) is 0 Å². The van der Waals surface area contributed by atoms with E-state index >= 15 is 0 Å². The van der Waals surface area contributed by atoms with Crippen molar-refractivity contribution in [1.29, 1.82) is 0 Å². The smallest absolute Gasteiger partial charge is 0.0605 e. The maximum absolute atomic E-state index is 4.55. The van der Waals surface area contributed by atoms with Crippen LogP contribution in [-0.2, 0) is 6.42 Å². The van der Waals surface area contributed by atoms with E-state index in [0.29, 0.717) is 12.1 Å². The molecule has 94 valence electrons. The zero-order valence-corrected chi connectivity index (χ0v) is 11.4. The molecule has 1 aliphatic rings. The molecule has 2 aromatic heterocycles. The minimum atomic E-state index is 0.424. The lowest BCUT2D eigenvalue weighted by Gasteiger charge is -2.21. The number of aryl methyl sites for hydroxylation is 1. The molecule has 0 saturated carbocycles. The van der Waals surface area contributed by atoms with E-state index in [-0.39, 0.29) is 0 Å². The molecule has 0 spiro atoms. The van der Waals surface area contributed by atoms with Gasteiger partial charge in [-0.2, -0.15) is 0 Å². The van der Waals surface area contributed by atoms with Gasteiger partial charge in [0.05, 0.1) is 11.7 Å². The molecule has 0 aliphatic heterocycles. The third-order valence-corrected chi connectivity index (χ3v) is 4.64. The molecule has 0 radical (unpaired) electrons. The molecular weight excluding hydrogens is 240 g/mol. The van der Waals surface area contributed by atoms with Gasteiger partial charge in [-0.25, -0.2) is 0 Å². The zero-order chi connectivity index (χ0) is 12.4. The Morgan fingerprint density at radius 2 is 2.39 bits per heavy atom. The van der Waals surface area contributed by atoms with Crippen molar-refractivity contribution in [3.05, 3.63) is 52.0 Å². The van der Waals surface area contributed by atoms with Crippen molar-refractivity contribution in [2.75, 3.05) is 0 Å². The van der Waals surface area contributed by atoms with E-state index in [2.05, 4.69) is 40.8 Å². The predicted octanol–water partition coefficient (Wildman–Crippen LogP) is 3.87. The predicted molar refractivity (Wildman–Crippen MR) is 75.8 cm³/mol. The van der Waals surface area contributed by atoms with Gasteiger partial charge in [0, 0.05) is 17.1 Å². The molecule has 0 amide bonds. The fraction of sp³-hybridized carbons (Fsp3) is 0.400. The van der Waals surface area contributed by atoms with Gasteiger partial charge in [0.15, 0.2) is 0 Å². The summed E-state index contributed by atoms with van der Waals surface area (Å²) in [6, 6.07) is 9.48. The Morgan fingerprint density at radius 1 is 1.44 bits per heavy atom. The summed E-state index contributed by atoms with van der Waals surface area (Å²) in [5.74, 6) is 0.